The molecule has 0 aliphatic rings. The molecule has 156 valence electrons. The summed E-state index contributed by atoms with van der Waals surface area (Å²) in [6, 6.07) is 9.84. The number of nitrogen functional groups attached to an aromatic ring is 2. The van der Waals surface area contributed by atoms with Gasteiger partial charge >= 0.3 is 11.3 Å². The number of rotatable bonds is 4. The number of H-pyrrole nitrogens is 1. The topological polar surface area (TPSA) is 156 Å². The highest BCUT2D eigenvalue weighted by Crippen LogP contribution is 2.43. The maximum absolute atomic E-state index is 13.1. The number of aromatic amines is 1. The van der Waals surface area contributed by atoms with Gasteiger partial charge in [-0.05, 0) is 22.3 Å². The minimum absolute atomic E-state index is 0.0462. The third-order valence-electron chi connectivity index (χ3n) is 5.11. The van der Waals surface area contributed by atoms with Crippen LogP contribution >= 0.6 is 11.3 Å². The van der Waals surface area contributed by atoms with E-state index in [4.69, 9.17) is 11.5 Å². The Morgan fingerprint density at radius 2 is 1.97 bits per heavy atom. The Balaban J connectivity index is 2.01. The van der Waals surface area contributed by atoms with Crippen molar-refractivity contribution in [3.8, 4) is 17.2 Å². The van der Waals surface area contributed by atoms with E-state index in [0.29, 0.717) is 21.7 Å². The molecule has 0 radical (unpaired) electrons. The first-order valence-electron chi connectivity index (χ1n) is 9.38. The second-order valence-corrected chi connectivity index (χ2v) is 8.38. The fourth-order valence-electron chi connectivity index (χ4n) is 3.47. The number of fused-ring (bicyclic) bond motifs is 1. The second-order valence-electron chi connectivity index (χ2n) is 7.38. The number of carbonyl (C=O) groups excluding carboxylic acids is 1. The van der Waals surface area contributed by atoms with Crippen molar-refractivity contribution >= 4 is 38.8 Å². The van der Waals surface area contributed by atoms with E-state index in [1.54, 1.807) is 0 Å². The lowest BCUT2D eigenvalue weighted by atomic mass is 9.94. The molecule has 3 heterocycles. The smallest absolute Gasteiger partial charge is 0.397 e. The number of nitrogens with two attached hydrogens (primary N) is 2. The van der Waals surface area contributed by atoms with Crippen LogP contribution in [0.1, 0.15) is 46.3 Å². The number of hydrogen-bond donors (Lipinski definition) is 3. The molecule has 0 aliphatic carbocycles. The van der Waals surface area contributed by atoms with Gasteiger partial charge in [-0.2, -0.15) is 5.26 Å². The summed E-state index contributed by atoms with van der Waals surface area (Å²) in [7, 11) is 1.48. The molecule has 0 spiro atoms. The van der Waals surface area contributed by atoms with E-state index in [2.05, 4.69) is 34.7 Å². The molecule has 0 saturated carbocycles. The van der Waals surface area contributed by atoms with Crippen LogP contribution in [0.5, 0.6) is 0 Å². The van der Waals surface area contributed by atoms with Crippen molar-refractivity contribution in [2.75, 3.05) is 11.5 Å². The second kappa shape index (κ2) is 7.37. The summed E-state index contributed by atoms with van der Waals surface area (Å²) in [5.41, 5.74) is 14.1. The van der Waals surface area contributed by atoms with E-state index < -0.39 is 11.4 Å². The Hall–Kier alpha value is -3.97. The van der Waals surface area contributed by atoms with Gasteiger partial charge in [-0.25, -0.2) is 9.78 Å². The van der Waals surface area contributed by atoms with Crippen LogP contribution in [0.4, 0.5) is 11.5 Å². The number of carbonyl (C=O) groups is 1. The van der Waals surface area contributed by atoms with Gasteiger partial charge in [0.15, 0.2) is 7.05 Å². The van der Waals surface area contributed by atoms with Crippen LogP contribution in [-0.2, 0) is 7.05 Å². The van der Waals surface area contributed by atoms with E-state index in [-0.39, 0.29) is 27.6 Å². The van der Waals surface area contributed by atoms with Crippen LogP contribution < -0.4 is 21.8 Å². The Kier molecular flexibility index (Phi) is 4.83. The number of nitriles is 1. The van der Waals surface area contributed by atoms with Crippen LogP contribution in [-0.4, -0.2) is 16.0 Å². The minimum Gasteiger partial charge on any atom is -0.397 e. The van der Waals surface area contributed by atoms with Gasteiger partial charge in [-0.3, -0.25) is 9.32 Å². The summed E-state index contributed by atoms with van der Waals surface area (Å²) in [5.74, 6) is -0.211. The van der Waals surface area contributed by atoms with Crippen molar-refractivity contribution in [2.24, 2.45) is 7.05 Å². The first-order valence-corrected chi connectivity index (χ1v) is 10.2. The molecule has 4 rings (SSSR count). The number of anilines is 2. The van der Waals surface area contributed by atoms with Gasteiger partial charge in [0, 0.05) is 10.9 Å². The van der Waals surface area contributed by atoms with Crippen molar-refractivity contribution in [1.82, 2.24) is 10.3 Å². The predicted molar refractivity (Wildman–Crippen MR) is 117 cm³/mol. The lowest BCUT2D eigenvalue weighted by Crippen LogP contribution is -2.39. The number of pyridine rings is 1. The largest absolute Gasteiger partial charge is 0.438 e. The zero-order chi connectivity index (χ0) is 22.4. The van der Waals surface area contributed by atoms with Crippen molar-refractivity contribution in [3.63, 3.8) is 0 Å². The Morgan fingerprint density at radius 1 is 1.29 bits per heavy atom. The molecule has 10 heteroatoms. The monoisotopic (exact) mass is 435 g/mol. The molecule has 0 saturated heterocycles. The third kappa shape index (κ3) is 3.15. The zero-order valence-corrected chi connectivity index (χ0v) is 17.8. The van der Waals surface area contributed by atoms with Crippen LogP contribution in [0.3, 0.4) is 0 Å². The number of nitrogens with one attached hydrogen (secondary N) is 1. The van der Waals surface area contributed by atoms with Gasteiger partial charge in [-0.1, -0.05) is 42.8 Å². The number of nitrogens with zero attached hydrogens (tertiary/aromatic N) is 3. The summed E-state index contributed by atoms with van der Waals surface area (Å²) < 4.78 is 5.86. The highest BCUT2D eigenvalue weighted by Gasteiger charge is 2.33. The molecule has 9 nitrogen and oxygen atoms in total. The summed E-state index contributed by atoms with van der Waals surface area (Å²) >= 11 is 1.02. The maximum Gasteiger partial charge on any atom is 0.438 e. The number of aryl methyl sites for hydroxylation is 1. The average molecular weight is 435 g/mol. The van der Waals surface area contributed by atoms with Crippen molar-refractivity contribution < 1.29 is 14.0 Å². The lowest BCUT2D eigenvalue weighted by Gasteiger charge is -2.11. The molecule has 0 aliphatic heterocycles. The molecule has 5 N–H and O–H groups in total. The van der Waals surface area contributed by atoms with Crippen molar-refractivity contribution in [1.29, 1.82) is 5.26 Å². The van der Waals surface area contributed by atoms with E-state index in [0.717, 1.165) is 22.5 Å². The fraction of sp³-hybridized carbons (Fsp3) is 0.190. The molecule has 0 unspecified atom stereocenters. The molecular weight excluding hydrogens is 416 g/mol. The van der Waals surface area contributed by atoms with Crippen molar-refractivity contribution in [2.45, 2.75) is 19.8 Å². The fourth-order valence-corrected chi connectivity index (χ4v) is 4.52. The predicted octanol–water partition coefficient (Wildman–Crippen LogP) is 2.46. The molecular formula is C21H19N6O3S+. The highest BCUT2D eigenvalue weighted by atomic mass is 32.1. The van der Waals surface area contributed by atoms with E-state index >= 15 is 0 Å². The Labute approximate surface area is 180 Å². The summed E-state index contributed by atoms with van der Waals surface area (Å²) in [6.45, 7) is 4.18. The van der Waals surface area contributed by atoms with Crippen LogP contribution in [0.25, 0.3) is 21.3 Å². The highest BCUT2D eigenvalue weighted by molar-refractivity contribution is 7.21. The molecule has 0 amide bonds. The molecule has 0 fully saturated rings. The normalized spacial score (nSPS) is 11.2. The van der Waals surface area contributed by atoms with Crippen LogP contribution in [0.15, 0.2) is 33.6 Å². The number of benzene rings is 1. The van der Waals surface area contributed by atoms with Gasteiger partial charge in [-0.15, -0.1) is 11.3 Å². The van der Waals surface area contributed by atoms with E-state index in [1.807, 2.05) is 24.3 Å². The Morgan fingerprint density at radius 3 is 2.52 bits per heavy atom. The third-order valence-corrected chi connectivity index (χ3v) is 6.21. The number of aromatic nitrogens is 3. The van der Waals surface area contributed by atoms with Crippen LogP contribution in [0.2, 0.25) is 0 Å². The summed E-state index contributed by atoms with van der Waals surface area (Å²) in [6.07, 6.45) is 0. The molecule has 0 bridgehead atoms. The minimum atomic E-state index is -0.806. The van der Waals surface area contributed by atoms with E-state index in [1.165, 1.54) is 11.7 Å². The molecule has 3 aromatic heterocycles. The number of thiophene rings is 1. The van der Waals surface area contributed by atoms with Gasteiger partial charge in [0.1, 0.15) is 27.2 Å². The first kappa shape index (κ1) is 20.3. The summed E-state index contributed by atoms with van der Waals surface area (Å²) in [4.78, 5) is 29.8. The standard InChI is InChI=1S/C21H18N6O3S/c1-9(2)10-4-6-11(7-5-10)13-12(8-22)19(24)25-20-14(13)15(23)18(31-20)17(28)16-21(29)30-26-27(16)3/h4-7,9H,1-3H3,(H4-,23,24,25,26,28,29)/p+1. The maximum atomic E-state index is 13.1. The van der Waals surface area contributed by atoms with Crippen LogP contribution in [0, 0.1) is 11.3 Å². The first-order chi connectivity index (χ1) is 14.7. The van der Waals surface area contributed by atoms with Gasteiger partial charge in [0.2, 0.25) is 0 Å². The lowest BCUT2D eigenvalue weighted by molar-refractivity contribution is -0.741. The molecule has 0 atom stereocenters. The van der Waals surface area contributed by atoms with Gasteiger partial charge in [0.25, 0.3) is 5.78 Å². The van der Waals surface area contributed by atoms with Gasteiger partial charge in [0.05, 0.1) is 5.69 Å². The Bertz CT molecular complexity index is 1440. The van der Waals surface area contributed by atoms with Gasteiger partial charge < -0.3 is 11.5 Å². The van der Waals surface area contributed by atoms with E-state index in [9.17, 15) is 14.9 Å². The number of hydrogen-bond acceptors (Lipinski definition) is 8. The molecule has 1 aromatic carbocycles. The quantitative estimate of drug-likeness (QED) is 0.328. The number of ketones is 1. The van der Waals surface area contributed by atoms with Crippen molar-refractivity contribution in [3.05, 3.63) is 56.4 Å². The summed E-state index contributed by atoms with van der Waals surface area (Å²) in [5, 5.41) is 12.5. The molecule has 31 heavy (non-hydrogen) atoms. The average Bonchev–Trinajstić information content (AvgIpc) is 3.25. The zero-order valence-electron chi connectivity index (χ0n) is 17.0. The molecule has 4 aromatic rings. The SMILES string of the molecule is CC(C)c1ccc(-c2c(C#N)c(N)nc3sc(C(=O)c4c(=O)o[nH][n+]4C)c(N)c23)cc1.